The van der Waals surface area contributed by atoms with Crippen LogP contribution in [0.1, 0.15) is 5.56 Å². The summed E-state index contributed by atoms with van der Waals surface area (Å²) in [5.74, 6) is 5.00. The van der Waals surface area contributed by atoms with Crippen LogP contribution in [0.4, 0.5) is 10.1 Å². The van der Waals surface area contributed by atoms with Gasteiger partial charge in [-0.15, -0.1) is 0 Å². The fourth-order valence-corrected chi connectivity index (χ4v) is 0.902. The van der Waals surface area contributed by atoms with Gasteiger partial charge in [0, 0.05) is 5.69 Å². The van der Waals surface area contributed by atoms with Gasteiger partial charge in [-0.2, -0.15) is 0 Å². The highest BCUT2D eigenvalue weighted by atomic mass is 79.9. The topological polar surface area (TPSA) is 26.0 Å². The lowest BCUT2D eigenvalue weighted by molar-refractivity contribution is 0.625. The normalized spacial score (nSPS) is 8.83. The molecule has 0 aliphatic carbocycles. The summed E-state index contributed by atoms with van der Waals surface area (Å²) in [5, 5.41) is 0.539. The molecule has 0 unspecified atom stereocenters. The zero-order chi connectivity index (χ0) is 8.97. The maximum atomic E-state index is 13.0. The molecule has 1 aromatic carbocycles. The molecule has 0 aliphatic rings. The van der Waals surface area contributed by atoms with Crippen molar-refractivity contribution in [3.05, 3.63) is 29.6 Å². The molecule has 1 nitrogen and oxygen atoms in total. The van der Waals surface area contributed by atoms with E-state index in [0.29, 0.717) is 16.6 Å². The largest absolute Gasteiger partial charge is 0.399 e. The molecule has 2 N–H and O–H groups in total. The van der Waals surface area contributed by atoms with Crippen LogP contribution in [0.5, 0.6) is 0 Å². The molecule has 62 valence electrons. The lowest BCUT2D eigenvalue weighted by Crippen LogP contribution is -1.88. The minimum atomic E-state index is -0.372. The average molecular weight is 228 g/mol. The van der Waals surface area contributed by atoms with Gasteiger partial charge in [0.1, 0.15) is 5.82 Å². The van der Waals surface area contributed by atoms with Crippen molar-refractivity contribution in [2.75, 3.05) is 11.1 Å². The van der Waals surface area contributed by atoms with Crippen LogP contribution >= 0.6 is 15.9 Å². The number of halogens is 2. The van der Waals surface area contributed by atoms with E-state index in [-0.39, 0.29) is 5.82 Å². The van der Waals surface area contributed by atoms with Crippen molar-refractivity contribution >= 4 is 21.6 Å². The predicted octanol–water partition coefficient (Wildman–Crippen LogP) is 2.15. The molecule has 12 heavy (non-hydrogen) atoms. The Morgan fingerprint density at radius 2 is 2.25 bits per heavy atom. The zero-order valence-corrected chi connectivity index (χ0v) is 7.86. The summed E-state index contributed by atoms with van der Waals surface area (Å²) >= 11 is 3.13. The molecular formula is C9H7BrFN. The Morgan fingerprint density at radius 1 is 1.50 bits per heavy atom. The summed E-state index contributed by atoms with van der Waals surface area (Å²) < 4.78 is 13.0. The quantitative estimate of drug-likeness (QED) is 0.411. The van der Waals surface area contributed by atoms with Crippen molar-refractivity contribution in [1.29, 1.82) is 0 Å². The van der Waals surface area contributed by atoms with Crippen molar-refractivity contribution in [1.82, 2.24) is 0 Å². The summed E-state index contributed by atoms with van der Waals surface area (Å²) in [7, 11) is 0. The van der Waals surface area contributed by atoms with Crippen LogP contribution in [-0.2, 0) is 0 Å². The van der Waals surface area contributed by atoms with Gasteiger partial charge in [0.05, 0.1) is 10.9 Å². The molecule has 1 rings (SSSR count). The van der Waals surface area contributed by atoms with Crippen LogP contribution in [-0.4, -0.2) is 5.33 Å². The maximum absolute atomic E-state index is 13.0. The van der Waals surface area contributed by atoms with Crippen LogP contribution in [0, 0.1) is 17.7 Å². The van der Waals surface area contributed by atoms with Gasteiger partial charge in [-0.05, 0) is 18.2 Å². The Bertz CT molecular complexity index is 338. The molecule has 0 fully saturated rings. The third kappa shape index (κ3) is 2.24. The highest BCUT2D eigenvalue weighted by molar-refractivity contribution is 9.09. The standard InChI is InChI=1S/C9H7BrFN/c10-5-1-2-7-3-4-8(12)6-9(7)11/h3-4,6H,5,12H2. The van der Waals surface area contributed by atoms with Crippen LogP contribution in [0.25, 0.3) is 0 Å². The fraction of sp³-hybridized carbons (Fsp3) is 0.111. The molecule has 0 spiro atoms. The van der Waals surface area contributed by atoms with Crippen molar-refractivity contribution in [2.45, 2.75) is 0 Å². The number of nitrogens with two attached hydrogens (primary N) is 1. The van der Waals surface area contributed by atoms with Crippen LogP contribution in [0.2, 0.25) is 0 Å². The first-order valence-electron chi connectivity index (χ1n) is 3.34. The second kappa shape index (κ2) is 4.13. The van der Waals surface area contributed by atoms with Crippen LogP contribution in [0.3, 0.4) is 0 Å². The van der Waals surface area contributed by atoms with E-state index in [4.69, 9.17) is 5.73 Å². The number of rotatable bonds is 0. The van der Waals surface area contributed by atoms with Gasteiger partial charge < -0.3 is 5.73 Å². The van der Waals surface area contributed by atoms with Crippen molar-refractivity contribution in [3.63, 3.8) is 0 Å². The smallest absolute Gasteiger partial charge is 0.140 e. The summed E-state index contributed by atoms with van der Waals surface area (Å²) in [5.41, 5.74) is 6.15. The minimum absolute atomic E-state index is 0.372. The summed E-state index contributed by atoms with van der Waals surface area (Å²) in [6, 6.07) is 4.46. The highest BCUT2D eigenvalue weighted by Gasteiger charge is 1.97. The number of hydrogen-bond donors (Lipinski definition) is 1. The number of benzene rings is 1. The Hall–Kier alpha value is -1.01. The Balaban J connectivity index is 3.01. The molecular weight excluding hydrogens is 221 g/mol. The number of nitrogen functional groups attached to an aromatic ring is 1. The maximum Gasteiger partial charge on any atom is 0.140 e. The second-order valence-corrected chi connectivity index (χ2v) is 2.74. The molecule has 0 atom stereocenters. The Kier molecular flexibility index (Phi) is 3.12. The lowest BCUT2D eigenvalue weighted by Gasteiger charge is -1.95. The van der Waals surface area contributed by atoms with E-state index in [2.05, 4.69) is 27.8 Å². The first-order valence-corrected chi connectivity index (χ1v) is 4.46. The SMILES string of the molecule is Nc1ccc(C#CCBr)c(F)c1. The third-order valence-corrected chi connectivity index (χ3v) is 1.56. The van der Waals surface area contributed by atoms with E-state index < -0.39 is 0 Å². The lowest BCUT2D eigenvalue weighted by atomic mass is 10.2. The molecule has 0 radical (unpaired) electrons. The molecule has 3 heteroatoms. The van der Waals surface area contributed by atoms with Gasteiger partial charge in [0.15, 0.2) is 0 Å². The number of hydrogen-bond acceptors (Lipinski definition) is 1. The summed E-state index contributed by atoms with van der Waals surface area (Å²) in [6.45, 7) is 0. The summed E-state index contributed by atoms with van der Waals surface area (Å²) in [6.07, 6.45) is 0. The predicted molar refractivity (Wildman–Crippen MR) is 51.5 cm³/mol. The summed E-state index contributed by atoms with van der Waals surface area (Å²) in [4.78, 5) is 0. The first-order chi connectivity index (χ1) is 5.74. The van der Waals surface area contributed by atoms with Gasteiger partial charge in [-0.1, -0.05) is 27.8 Å². The van der Waals surface area contributed by atoms with Crippen LogP contribution < -0.4 is 5.73 Å². The van der Waals surface area contributed by atoms with Crippen molar-refractivity contribution < 1.29 is 4.39 Å². The molecule has 0 saturated heterocycles. The molecule has 0 aromatic heterocycles. The molecule has 0 heterocycles. The second-order valence-electron chi connectivity index (χ2n) is 2.17. The first kappa shape index (κ1) is 9.08. The number of alkyl halides is 1. The van der Waals surface area contributed by atoms with E-state index in [0.717, 1.165) is 0 Å². The molecule has 0 aliphatic heterocycles. The molecule has 0 saturated carbocycles. The molecule has 0 amide bonds. The Labute approximate surface area is 78.9 Å². The van der Waals surface area contributed by atoms with Gasteiger partial charge >= 0.3 is 0 Å². The van der Waals surface area contributed by atoms with E-state index >= 15 is 0 Å². The van der Waals surface area contributed by atoms with Gasteiger partial charge in [-0.3, -0.25) is 0 Å². The molecule has 1 aromatic rings. The Morgan fingerprint density at radius 3 is 2.83 bits per heavy atom. The fourth-order valence-electron chi connectivity index (χ4n) is 0.761. The zero-order valence-electron chi connectivity index (χ0n) is 6.27. The average Bonchev–Trinajstić information content (AvgIpc) is 2.03. The monoisotopic (exact) mass is 227 g/mol. The van der Waals surface area contributed by atoms with E-state index in [1.807, 2.05) is 0 Å². The third-order valence-electron chi connectivity index (χ3n) is 1.28. The van der Waals surface area contributed by atoms with E-state index in [9.17, 15) is 4.39 Å². The van der Waals surface area contributed by atoms with Gasteiger partial charge in [-0.25, -0.2) is 4.39 Å². The minimum Gasteiger partial charge on any atom is -0.399 e. The van der Waals surface area contributed by atoms with Crippen molar-refractivity contribution in [2.24, 2.45) is 0 Å². The van der Waals surface area contributed by atoms with Crippen LogP contribution in [0.15, 0.2) is 18.2 Å². The van der Waals surface area contributed by atoms with Gasteiger partial charge in [0.25, 0.3) is 0 Å². The highest BCUT2D eigenvalue weighted by Crippen LogP contribution is 2.10. The molecule has 0 bridgehead atoms. The van der Waals surface area contributed by atoms with E-state index in [1.54, 1.807) is 12.1 Å². The van der Waals surface area contributed by atoms with Gasteiger partial charge in [0.2, 0.25) is 0 Å². The van der Waals surface area contributed by atoms with E-state index in [1.165, 1.54) is 6.07 Å². The number of anilines is 1. The van der Waals surface area contributed by atoms with Crippen molar-refractivity contribution in [3.8, 4) is 11.8 Å².